The second-order valence-electron chi connectivity index (χ2n) is 7.21. The van der Waals surface area contributed by atoms with Gasteiger partial charge >= 0.3 is 0 Å². The van der Waals surface area contributed by atoms with Gasteiger partial charge in [0.2, 0.25) is 0 Å². The number of benzene rings is 3. The molecular weight excluding hydrogens is 422 g/mol. The molecule has 1 unspecified atom stereocenters. The molecule has 4 aromatic rings. The number of aromatic nitrogens is 1. The van der Waals surface area contributed by atoms with E-state index in [1.54, 1.807) is 36.0 Å². The van der Waals surface area contributed by atoms with Crippen molar-refractivity contribution in [3.05, 3.63) is 116 Å². The molecule has 0 saturated carbocycles. The summed E-state index contributed by atoms with van der Waals surface area (Å²) < 4.78 is 6.23. The van der Waals surface area contributed by atoms with Crippen molar-refractivity contribution >= 4 is 17.0 Å². The lowest BCUT2D eigenvalue weighted by Crippen LogP contribution is -2.07. The van der Waals surface area contributed by atoms with Crippen LogP contribution in [0.25, 0.3) is 11.1 Å². The van der Waals surface area contributed by atoms with Gasteiger partial charge in [-0.2, -0.15) is 5.26 Å². The standard InChI is InChI=1S/C25H19N3O3S/c1-17-6-2-4-8-21(17)22-12-18(10-11-19(22)13-26)25(24-14-27-16-32-24)31-15-20-7-3-5-9-23(20)28(29)30/h2-12,14,16,25H,15H2,1H3. The van der Waals surface area contributed by atoms with Gasteiger partial charge in [0.15, 0.2) is 0 Å². The third-order valence-corrected chi connectivity index (χ3v) is 6.02. The highest BCUT2D eigenvalue weighted by atomic mass is 32.1. The molecule has 0 aliphatic carbocycles. The van der Waals surface area contributed by atoms with Crippen LogP contribution >= 0.6 is 11.3 Å². The van der Waals surface area contributed by atoms with Crippen LogP contribution in [0.1, 0.15) is 33.2 Å². The number of hydrogen-bond acceptors (Lipinski definition) is 6. The smallest absolute Gasteiger partial charge is 0.274 e. The predicted octanol–water partition coefficient (Wildman–Crippen LogP) is 6.20. The van der Waals surface area contributed by atoms with Crippen LogP contribution in [0.15, 0.2) is 78.4 Å². The summed E-state index contributed by atoms with van der Waals surface area (Å²) in [5, 5.41) is 21.0. The van der Waals surface area contributed by atoms with Gasteiger partial charge < -0.3 is 4.74 Å². The summed E-state index contributed by atoms with van der Waals surface area (Å²) in [6, 6.07) is 22.4. The summed E-state index contributed by atoms with van der Waals surface area (Å²) in [6.45, 7) is 2.08. The highest BCUT2D eigenvalue weighted by Crippen LogP contribution is 2.35. The van der Waals surface area contributed by atoms with Crippen LogP contribution in [0, 0.1) is 28.4 Å². The van der Waals surface area contributed by atoms with Gasteiger partial charge in [-0.1, -0.05) is 42.5 Å². The Morgan fingerprint density at radius 3 is 2.62 bits per heavy atom. The minimum absolute atomic E-state index is 0.0241. The number of aryl methyl sites for hydroxylation is 1. The second-order valence-corrected chi connectivity index (χ2v) is 8.13. The Labute approximate surface area is 189 Å². The summed E-state index contributed by atoms with van der Waals surface area (Å²) in [4.78, 5) is 16.0. The maximum atomic E-state index is 11.4. The fourth-order valence-electron chi connectivity index (χ4n) is 3.60. The number of rotatable bonds is 7. The molecule has 0 spiro atoms. The average Bonchev–Trinajstić information content (AvgIpc) is 3.34. The van der Waals surface area contributed by atoms with E-state index < -0.39 is 11.0 Å². The summed E-state index contributed by atoms with van der Waals surface area (Å²) in [6.07, 6.45) is 1.26. The Morgan fingerprint density at radius 2 is 1.91 bits per heavy atom. The molecule has 158 valence electrons. The number of hydrogen-bond donors (Lipinski definition) is 0. The van der Waals surface area contributed by atoms with Gasteiger partial charge in [0.05, 0.1) is 39.1 Å². The maximum Gasteiger partial charge on any atom is 0.274 e. The number of nitriles is 1. The molecule has 7 heteroatoms. The lowest BCUT2D eigenvalue weighted by atomic mass is 9.93. The van der Waals surface area contributed by atoms with Crippen LogP contribution in [0.2, 0.25) is 0 Å². The highest BCUT2D eigenvalue weighted by molar-refractivity contribution is 7.09. The van der Waals surface area contributed by atoms with Crippen molar-refractivity contribution in [1.82, 2.24) is 4.98 Å². The number of nitro benzene ring substituents is 1. The van der Waals surface area contributed by atoms with E-state index in [1.807, 2.05) is 43.3 Å². The van der Waals surface area contributed by atoms with E-state index in [-0.39, 0.29) is 12.3 Å². The van der Waals surface area contributed by atoms with E-state index >= 15 is 0 Å². The fraction of sp³-hybridized carbons (Fsp3) is 0.120. The Bertz CT molecular complexity index is 1300. The van der Waals surface area contributed by atoms with Gasteiger partial charge in [0.1, 0.15) is 6.10 Å². The van der Waals surface area contributed by atoms with Gasteiger partial charge in [-0.05, 0) is 41.8 Å². The van der Waals surface area contributed by atoms with Gasteiger partial charge in [0, 0.05) is 17.8 Å². The van der Waals surface area contributed by atoms with Crippen LogP contribution in [-0.4, -0.2) is 9.91 Å². The quantitative estimate of drug-likeness (QED) is 0.251. The Balaban J connectivity index is 1.74. The Morgan fingerprint density at radius 1 is 1.12 bits per heavy atom. The first-order chi connectivity index (χ1) is 15.6. The molecular formula is C25H19N3O3S. The lowest BCUT2D eigenvalue weighted by molar-refractivity contribution is -0.386. The van der Waals surface area contributed by atoms with Crippen molar-refractivity contribution in [3.8, 4) is 17.2 Å². The zero-order valence-electron chi connectivity index (χ0n) is 17.3. The van der Waals surface area contributed by atoms with E-state index in [0.717, 1.165) is 27.1 Å². The summed E-state index contributed by atoms with van der Waals surface area (Å²) in [5.41, 5.74) is 6.55. The molecule has 1 heterocycles. The molecule has 0 N–H and O–H groups in total. The van der Waals surface area contributed by atoms with E-state index in [0.29, 0.717) is 11.1 Å². The number of thiazole rings is 1. The summed E-state index contributed by atoms with van der Waals surface area (Å²) >= 11 is 1.45. The topological polar surface area (TPSA) is 89.1 Å². The van der Waals surface area contributed by atoms with Crippen molar-refractivity contribution in [2.75, 3.05) is 0 Å². The van der Waals surface area contributed by atoms with Gasteiger partial charge in [-0.25, -0.2) is 0 Å². The third-order valence-electron chi connectivity index (χ3n) is 5.21. The summed E-state index contributed by atoms with van der Waals surface area (Å²) in [5.74, 6) is 0. The zero-order valence-corrected chi connectivity index (χ0v) is 18.1. The molecule has 32 heavy (non-hydrogen) atoms. The lowest BCUT2D eigenvalue weighted by Gasteiger charge is -2.19. The summed E-state index contributed by atoms with van der Waals surface area (Å²) in [7, 11) is 0. The predicted molar refractivity (Wildman–Crippen MR) is 123 cm³/mol. The molecule has 6 nitrogen and oxygen atoms in total. The second kappa shape index (κ2) is 9.52. The first-order valence-corrected chi connectivity index (χ1v) is 10.8. The molecule has 0 radical (unpaired) electrons. The van der Waals surface area contributed by atoms with Crippen LogP contribution < -0.4 is 0 Å². The normalized spacial score (nSPS) is 11.6. The largest absolute Gasteiger partial charge is 0.363 e. The molecule has 0 bridgehead atoms. The third kappa shape index (κ3) is 4.42. The van der Waals surface area contributed by atoms with Crippen molar-refractivity contribution < 1.29 is 9.66 Å². The number of para-hydroxylation sites is 1. The average molecular weight is 442 g/mol. The van der Waals surface area contributed by atoms with Crippen LogP contribution in [0.3, 0.4) is 0 Å². The molecule has 0 aliphatic rings. The zero-order chi connectivity index (χ0) is 22.5. The Kier molecular flexibility index (Phi) is 6.36. The maximum absolute atomic E-state index is 11.4. The molecule has 0 saturated heterocycles. The number of nitro groups is 1. The van der Waals surface area contributed by atoms with Crippen molar-refractivity contribution in [1.29, 1.82) is 5.26 Å². The van der Waals surface area contributed by atoms with Crippen LogP contribution in [-0.2, 0) is 11.3 Å². The number of nitrogens with zero attached hydrogens (tertiary/aromatic N) is 3. The SMILES string of the molecule is Cc1ccccc1-c1cc(C(OCc2ccccc2[N+](=O)[O-])c2cncs2)ccc1C#N. The van der Waals surface area contributed by atoms with Crippen molar-refractivity contribution in [3.63, 3.8) is 0 Å². The monoisotopic (exact) mass is 441 g/mol. The highest BCUT2D eigenvalue weighted by Gasteiger charge is 2.21. The van der Waals surface area contributed by atoms with Gasteiger partial charge in [-0.15, -0.1) is 11.3 Å². The number of ether oxygens (including phenoxy) is 1. The Hall–Kier alpha value is -3.86. The molecule has 1 aromatic heterocycles. The minimum Gasteiger partial charge on any atom is -0.363 e. The van der Waals surface area contributed by atoms with Crippen LogP contribution in [0.5, 0.6) is 0 Å². The van der Waals surface area contributed by atoms with Gasteiger partial charge in [0.25, 0.3) is 5.69 Å². The molecule has 4 rings (SSSR count). The van der Waals surface area contributed by atoms with E-state index in [1.165, 1.54) is 17.4 Å². The van der Waals surface area contributed by atoms with Gasteiger partial charge in [-0.3, -0.25) is 15.1 Å². The molecule has 0 amide bonds. The molecule has 1 atom stereocenters. The molecule has 3 aromatic carbocycles. The van der Waals surface area contributed by atoms with E-state index in [4.69, 9.17) is 4.74 Å². The minimum atomic E-state index is -0.474. The first-order valence-electron chi connectivity index (χ1n) is 9.91. The van der Waals surface area contributed by atoms with E-state index in [9.17, 15) is 15.4 Å². The van der Waals surface area contributed by atoms with Crippen LogP contribution in [0.4, 0.5) is 5.69 Å². The van der Waals surface area contributed by atoms with Crippen molar-refractivity contribution in [2.24, 2.45) is 0 Å². The molecule has 0 fully saturated rings. The first kappa shape index (κ1) is 21.4. The van der Waals surface area contributed by atoms with Crippen molar-refractivity contribution in [2.45, 2.75) is 19.6 Å². The fourth-order valence-corrected chi connectivity index (χ4v) is 4.30. The van der Waals surface area contributed by atoms with E-state index in [2.05, 4.69) is 11.1 Å². The molecule has 0 aliphatic heterocycles.